The van der Waals surface area contributed by atoms with Crippen LogP contribution in [0.1, 0.15) is 17.9 Å². The second-order valence-electron chi connectivity index (χ2n) is 5.25. The summed E-state index contributed by atoms with van der Waals surface area (Å²) < 4.78 is 24.2. The van der Waals surface area contributed by atoms with Crippen molar-refractivity contribution >= 4 is 32.3 Å². The molecule has 0 amide bonds. The van der Waals surface area contributed by atoms with Crippen molar-refractivity contribution in [3.05, 3.63) is 53.3 Å². The number of aromatic nitrogens is 2. The van der Waals surface area contributed by atoms with Gasteiger partial charge in [0.15, 0.2) is 9.84 Å². The maximum atomic E-state index is 12.1. The quantitative estimate of drug-likeness (QED) is 0.756. The predicted molar refractivity (Wildman–Crippen MR) is 91.0 cm³/mol. The molecule has 2 aromatic heterocycles. The second-order valence-corrected chi connectivity index (χ2v) is 7.98. The van der Waals surface area contributed by atoms with Gasteiger partial charge in [0.25, 0.3) is 0 Å². The van der Waals surface area contributed by atoms with E-state index in [-0.39, 0.29) is 0 Å². The summed E-state index contributed by atoms with van der Waals surface area (Å²) in [5.41, 5.74) is 2.60. The monoisotopic (exact) mass is 350 g/mol. The Morgan fingerprint density at radius 1 is 1.30 bits per heavy atom. The summed E-state index contributed by atoms with van der Waals surface area (Å²) >= 11 is 6.09. The van der Waals surface area contributed by atoms with Gasteiger partial charge in [0.05, 0.1) is 5.69 Å². The molecule has 0 spiro atoms. The highest BCUT2D eigenvalue weighted by molar-refractivity contribution is 7.91. The minimum Gasteiger partial charge on any atom is -0.380 e. The molecule has 0 bridgehead atoms. The third-order valence-electron chi connectivity index (χ3n) is 3.84. The normalized spacial score (nSPS) is 13.3. The van der Waals surface area contributed by atoms with Crippen LogP contribution in [0.3, 0.4) is 0 Å². The van der Waals surface area contributed by atoms with Crippen molar-refractivity contribution < 1.29 is 13.5 Å². The lowest BCUT2D eigenvalue weighted by Gasteiger charge is -2.12. The van der Waals surface area contributed by atoms with Crippen LogP contribution in [-0.2, 0) is 9.84 Å². The van der Waals surface area contributed by atoms with Crippen LogP contribution in [0.25, 0.3) is 22.2 Å². The molecule has 3 aromatic rings. The number of aromatic amines is 1. The number of benzene rings is 1. The number of hydrogen-bond donors (Lipinski definition) is 2. The molecule has 0 aliphatic rings. The minimum absolute atomic E-state index is 0.495. The van der Waals surface area contributed by atoms with Gasteiger partial charge in [-0.15, -0.1) is 0 Å². The molecule has 120 valence electrons. The molecule has 0 saturated carbocycles. The van der Waals surface area contributed by atoms with Crippen LogP contribution in [0.15, 0.2) is 42.6 Å². The first-order valence-corrected chi connectivity index (χ1v) is 9.08. The number of aliphatic hydroxyl groups excluding tert-OH is 1. The molecule has 0 fully saturated rings. The molecule has 1 unspecified atom stereocenters. The van der Waals surface area contributed by atoms with Crippen molar-refractivity contribution in [2.45, 2.75) is 12.2 Å². The number of nitrogens with one attached hydrogen (secondary N) is 1. The smallest absolute Gasteiger partial charge is 0.182 e. The molecular weight excluding hydrogens is 336 g/mol. The van der Waals surface area contributed by atoms with Crippen molar-refractivity contribution in [1.29, 1.82) is 0 Å². The lowest BCUT2D eigenvalue weighted by molar-refractivity contribution is 0.356. The SMILES string of the molecule is CC(c1[nH]c2ccc(Cl)cc2c1-c1ccccn1)S(=O)(=O)CO. The third kappa shape index (κ3) is 2.85. The molecular formula is C16H15ClN2O3S. The van der Waals surface area contributed by atoms with E-state index in [1.54, 1.807) is 37.4 Å². The van der Waals surface area contributed by atoms with Crippen molar-refractivity contribution in [1.82, 2.24) is 9.97 Å². The van der Waals surface area contributed by atoms with Crippen LogP contribution in [0.5, 0.6) is 0 Å². The highest BCUT2D eigenvalue weighted by Crippen LogP contribution is 2.38. The van der Waals surface area contributed by atoms with Gasteiger partial charge in [0.2, 0.25) is 0 Å². The van der Waals surface area contributed by atoms with Crippen LogP contribution in [-0.4, -0.2) is 29.4 Å². The highest BCUT2D eigenvalue weighted by Gasteiger charge is 2.28. The second kappa shape index (κ2) is 5.96. The summed E-state index contributed by atoms with van der Waals surface area (Å²) in [6.45, 7) is 1.55. The lowest BCUT2D eigenvalue weighted by Crippen LogP contribution is -2.15. The third-order valence-corrected chi connectivity index (χ3v) is 5.74. The number of fused-ring (bicyclic) bond motifs is 1. The zero-order valence-electron chi connectivity index (χ0n) is 12.3. The number of rotatable bonds is 4. The Balaban J connectivity index is 2.34. The van der Waals surface area contributed by atoms with Crippen molar-refractivity contribution in [2.75, 3.05) is 5.94 Å². The van der Waals surface area contributed by atoms with Gasteiger partial charge in [-0.1, -0.05) is 17.7 Å². The van der Waals surface area contributed by atoms with Gasteiger partial charge < -0.3 is 10.1 Å². The first-order valence-electron chi connectivity index (χ1n) is 6.99. The van der Waals surface area contributed by atoms with E-state index < -0.39 is 21.0 Å². The number of nitrogens with zero attached hydrogens (tertiary/aromatic N) is 1. The molecule has 1 aromatic carbocycles. The van der Waals surface area contributed by atoms with Crippen LogP contribution in [0.4, 0.5) is 0 Å². The number of H-pyrrole nitrogens is 1. The van der Waals surface area contributed by atoms with Gasteiger partial charge >= 0.3 is 0 Å². The average molecular weight is 351 g/mol. The first-order chi connectivity index (χ1) is 10.9. The van der Waals surface area contributed by atoms with E-state index >= 15 is 0 Å². The van der Waals surface area contributed by atoms with Gasteiger partial charge in [-0.25, -0.2) is 8.42 Å². The Morgan fingerprint density at radius 2 is 2.09 bits per heavy atom. The largest absolute Gasteiger partial charge is 0.380 e. The van der Waals surface area contributed by atoms with Crippen molar-refractivity contribution in [3.63, 3.8) is 0 Å². The first kappa shape index (κ1) is 16.0. The number of pyridine rings is 1. The Kier molecular flexibility index (Phi) is 4.14. The number of aliphatic hydroxyl groups is 1. The van der Waals surface area contributed by atoms with E-state index in [4.69, 9.17) is 16.7 Å². The Morgan fingerprint density at radius 3 is 2.74 bits per heavy atom. The maximum Gasteiger partial charge on any atom is 0.182 e. The molecule has 0 aliphatic heterocycles. The molecule has 3 rings (SSSR count). The summed E-state index contributed by atoms with van der Waals surface area (Å²) in [5, 5.41) is 9.63. The Bertz CT molecular complexity index is 952. The van der Waals surface area contributed by atoms with E-state index in [9.17, 15) is 8.42 Å². The summed E-state index contributed by atoms with van der Waals surface area (Å²) in [6, 6.07) is 10.7. The van der Waals surface area contributed by atoms with Gasteiger partial charge in [-0.05, 0) is 37.3 Å². The van der Waals surface area contributed by atoms with Gasteiger partial charge in [-0.3, -0.25) is 4.98 Å². The number of sulfone groups is 1. The van der Waals surface area contributed by atoms with Crippen LogP contribution in [0, 0.1) is 0 Å². The van der Waals surface area contributed by atoms with Gasteiger partial charge in [-0.2, -0.15) is 0 Å². The number of hydrogen-bond acceptors (Lipinski definition) is 4. The maximum absolute atomic E-state index is 12.1. The summed E-state index contributed by atoms with van der Waals surface area (Å²) in [6.07, 6.45) is 1.65. The highest BCUT2D eigenvalue weighted by atomic mass is 35.5. The Hall–Kier alpha value is -1.89. The van der Waals surface area contributed by atoms with E-state index in [1.807, 2.05) is 12.1 Å². The number of halogens is 1. The molecule has 0 aliphatic carbocycles. The van der Waals surface area contributed by atoms with Crippen LogP contribution < -0.4 is 0 Å². The van der Waals surface area contributed by atoms with Crippen LogP contribution >= 0.6 is 11.6 Å². The molecule has 7 heteroatoms. The fourth-order valence-electron chi connectivity index (χ4n) is 2.57. The molecule has 23 heavy (non-hydrogen) atoms. The fraction of sp³-hybridized carbons (Fsp3) is 0.188. The molecule has 0 saturated heterocycles. The van der Waals surface area contributed by atoms with E-state index in [1.165, 1.54) is 0 Å². The van der Waals surface area contributed by atoms with Crippen LogP contribution in [0.2, 0.25) is 5.02 Å². The molecule has 2 heterocycles. The van der Waals surface area contributed by atoms with Gasteiger partial charge in [0, 0.05) is 33.4 Å². The zero-order valence-corrected chi connectivity index (χ0v) is 13.9. The summed E-state index contributed by atoms with van der Waals surface area (Å²) in [5.74, 6) is -0.911. The summed E-state index contributed by atoms with van der Waals surface area (Å²) in [7, 11) is -3.68. The topological polar surface area (TPSA) is 83.0 Å². The standard InChI is InChI=1S/C16H15ClN2O3S/c1-10(23(21,22)9-20)16-15(14-4-2-3-7-18-14)12-8-11(17)5-6-13(12)19-16/h2-8,10,19-20H,9H2,1H3. The minimum atomic E-state index is -3.68. The van der Waals surface area contributed by atoms with E-state index in [0.29, 0.717) is 22.0 Å². The molecule has 5 nitrogen and oxygen atoms in total. The average Bonchev–Trinajstić information content (AvgIpc) is 2.93. The fourth-order valence-corrected chi connectivity index (χ4v) is 3.50. The Labute approximate surface area is 138 Å². The molecule has 0 radical (unpaired) electrons. The zero-order chi connectivity index (χ0) is 16.6. The lowest BCUT2D eigenvalue weighted by atomic mass is 10.1. The predicted octanol–water partition coefficient (Wildman–Crippen LogP) is 3.31. The molecule has 1 atom stereocenters. The van der Waals surface area contributed by atoms with E-state index in [2.05, 4.69) is 9.97 Å². The van der Waals surface area contributed by atoms with Gasteiger partial charge in [0.1, 0.15) is 11.2 Å². The van der Waals surface area contributed by atoms with Crippen molar-refractivity contribution in [2.24, 2.45) is 0 Å². The summed E-state index contributed by atoms with van der Waals surface area (Å²) in [4.78, 5) is 7.47. The van der Waals surface area contributed by atoms with E-state index in [0.717, 1.165) is 10.9 Å². The molecule has 2 N–H and O–H groups in total. The van der Waals surface area contributed by atoms with Crippen molar-refractivity contribution in [3.8, 4) is 11.3 Å².